The quantitative estimate of drug-likeness (QED) is 0.898. The van der Waals surface area contributed by atoms with E-state index in [0.717, 1.165) is 24.5 Å². The molecule has 0 unspecified atom stereocenters. The molecule has 0 fully saturated rings. The molecule has 2 aromatic heterocycles. The van der Waals surface area contributed by atoms with Crippen molar-refractivity contribution in [1.29, 1.82) is 0 Å². The smallest absolute Gasteiger partial charge is 0.172 e. The number of hydrogen-bond donors (Lipinski definition) is 1. The number of rotatable bonds is 2. The minimum Gasteiger partial charge on any atom is -0.373 e. The first kappa shape index (κ1) is 11.7. The molecule has 2 heterocycles. The molecule has 2 aromatic rings. The standard InChI is InChI=1S/C14H17N3S/c1-9-7-8-18-12(9)14-16-11-6-4-3-5-10(11)13(15-2)17-14/h7-8H,3-6H2,1-2H3,(H,15,16,17). The van der Waals surface area contributed by atoms with Crippen molar-refractivity contribution < 1.29 is 0 Å². The van der Waals surface area contributed by atoms with Crippen molar-refractivity contribution in [2.75, 3.05) is 12.4 Å². The summed E-state index contributed by atoms with van der Waals surface area (Å²) in [6, 6.07) is 2.13. The molecular formula is C14H17N3S. The number of nitrogens with one attached hydrogen (secondary N) is 1. The number of nitrogens with zero attached hydrogens (tertiary/aromatic N) is 2. The van der Waals surface area contributed by atoms with E-state index in [1.165, 1.54) is 34.5 Å². The molecule has 0 saturated heterocycles. The predicted molar refractivity (Wildman–Crippen MR) is 76.3 cm³/mol. The monoisotopic (exact) mass is 259 g/mol. The average Bonchev–Trinajstić information content (AvgIpc) is 2.83. The van der Waals surface area contributed by atoms with Crippen molar-refractivity contribution in [1.82, 2.24) is 9.97 Å². The predicted octanol–water partition coefficient (Wildman–Crippen LogP) is 3.43. The zero-order valence-electron chi connectivity index (χ0n) is 10.8. The summed E-state index contributed by atoms with van der Waals surface area (Å²) < 4.78 is 0. The van der Waals surface area contributed by atoms with Crippen LogP contribution in [0.2, 0.25) is 0 Å². The summed E-state index contributed by atoms with van der Waals surface area (Å²) in [6.07, 6.45) is 4.69. The molecule has 18 heavy (non-hydrogen) atoms. The van der Waals surface area contributed by atoms with E-state index in [1.807, 2.05) is 7.05 Å². The SMILES string of the molecule is CNc1nc(-c2sccc2C)nc2c1CCCC2. The third-order valence-electron chi connectivity index (χ3n) is 3.49. The van der Waals surface area contributed by atoms with Crippen molar-refractivity contribution >= 4 is 17.2 Å². The summed E-state index contributed by atoms with van der Waals surface area (Å²) in [4.78, 5) is 10.7. The fraction of sp³-hybridized carbons (Fsp3) is 0.429. The first-order valence-corrected chi connectivity index (χ1v) is 7.29. The summed E-state index contributed by atoms with van der Waals surface area (Å²) >= 11 is 1.72. The maximum absolute atomic E-state index is 4.78. The van der Waals surface area contributed by atoms with Crippen LogP contribution in [0.3, 0.4) is 0 Å². The topological polar surface area (TPSA) is 37.8 Å². The van der Waals surface area contributed by atoms with Crippen LogP contribution >= 0.6 is 11.3 Å². The van der Waals surface area contributed by atoms with Gasteiger partial charge in [0.25, 0.3) is 0 Å². The molecular weight excluding hydrogens is 242 g/mol. The maximum atomic E-state index is 4.78. The van der Waals surface area contributed by atoms with Gasteiger partial charge in [0, 0.05) is 18.3 Å². The van der Waals surface area contributed by atoms with E-state index in [9.17, 15) is 0 Å². The Morgan fingerprint density at radius 3 is 2.78 bits per heavy atom. The molecule has 4 heteroatoms. The van der Waals surface area contributed by atoms with Crippen LogP contribution < -0.4 is 5.32 Å². The van der Waals surface area contributed by atoms with Gasteiger partial charge >= 0.3 is 0 Å². The molecule has 0 saturated carbocycles. The highest BCUT2D eigenvalue weighted by atomic mass is 32.1. The van der Waals surface area contributed by atoms with Gasteiger partial charge < -0.3 is 5.32 Å². The molecule has 1 aliphatic rings. The van der Waals surface area contributed by atoms with E-state index in [-0.39, 0.29) is 0 Å². The fourth-order valence-electron chi connectivity index (χ4n) is 2.50. The number of hydrogen-bond acceptors (Lipinski definition) is 4. The number of anilines is 1. The van der Waals surface area contributed by atoms with Crippen LogP contribution in [0.25, 0.3) is 10.7 Å². The molecule has 0 aromatic carbocycles. The molecule has 1 aliphatic carbocycles. The van der Waals surface area contributed by atoms with Gasteiger partial charge in [-0.3, -0.25) is 0 Å². The molecule has 3 nitrogen and oxygen atoms in total. The van der Waals surface area contributed by atoms with Crippen molar-refractivity contribution in [3.05, 3.63) is 28.3 Å². The lowest BCUT2D eigenvalue weighted by Crippen LogP contribution is -2.11. The Balaban J connectivity index is 2.14. The number of aromatic nitrogens is 2. The molecule has 3 rings (SSSR count). The zero-order valence-corrected chi connectivity index (χ0v) is 11.6. The molecule has 0 atom stereocenters. The van der Waals surface area contributed by atoms with Gasteiger partial charge in [-0.25, -0.2) is 9.97 Å². The minimum absolute atomic E-state index is 0.882. The molecule has 0 aliphatic heterocycles. The zero-order chi connectivity index (χ0) is 12.5. The van der Waals surface area contributed by atoms with E-state index in [2.05, 4.69) is 23.7 Å². The Labute approximate surface area is 111 Å². The van der Waals surface area contributed by atoms with E-state index in [0.29, 0.717) is 0 Å². The summed E-state index contributed by atoms with van der Waals surface area (Å²) in [5.74, 6) is 1.90. The Morgan fingerprint density at radius 2 is 2.06 bits per heavy atom. The van der Waals surface area contributed by atoms with Crippen LogP contribution in [0, 0.1) is 6.92 Å². The molecule has 0 amide bonds. The molecule has 1 N–H and O–H groups in total. The highest BCUT2D eigenvalue weighted by molar-refractivity contribution is 7.13. The van der Waals surface area contributed by atoms with Gasteiger partial charge in [0.2, 0.25) is 0 Å². The third-order valence-corrected chi connectivity index (χ3v) is 4.50. The van der Waals surface area contributed by atoms with Gasteiger partial charge in [0.15, 0.2) is 5.82 Å². The Morgan fingerprint density at radius 1 is 1.22 bits per heavy atom. The number of aryl methyl sites for hydroxylation is 2. The van der Waals surface area contributed by atoms with Crippen LogP contribution in [0.15, 0.2) is 11.4 Å². The third kappa shape index (κ3) is 1.90. The van der Waals surface area contributed by atoms with E-state index in [1.54, 1.807) is 11.3 Å². The maximum Gasteiger partial charge on any atom is 0.172 e. The molecule has 0 radical (unpaired) electrons. The van der Waals surface area contributed by atoms with Crippen LogP contribution in [0.4, 0.5) is 5.82 Å². The van der Waals surface area contributed by atoms with E-state index < -0.39 is 0 Å². The lowest BCUT2D eigenvalue weighted by atomic mass is 9.96. The second kappa shape index (κ2) is 4.69. The van der Waals surface area contributed by atoms with Crippen LogP contribution in [-0.2, 0) is 12.8 Å². The van der Waals surface area contributed by atoms with Gasteiger partial charge in [0.1, 0.15) is 5.82 Å². The number of fused-ring (bicyclic) bond motifs is 1. The lowest BCUT2D eigenvalue weighted by molar-refractivity contribution is 0.665. The van der Waals surface area contributed by atoms with Crippen molar-refractivity contribution in [3.8, 4) is 10.7 Å². The summed E-state index contributed by atoms with van der Waals surface area (Å²) in [6.45, 7) is 2.12. The van der Waals surface area contributed by atoms with Crippen molar-refractivity contribution in [3.63, 3.8) is 0 Å². The van der Waals surface area contributed by atoms with Crippen molar-refractivity contribution in [2.45, 2.75) is 32.6 Å². The Hall–Kier alpha value is -1.42. The van der Waals surface area contributed by atoms with E-state index in [4.69, 9.17) is 9.97 Å². The first-order valence-electron chi connectivity index (χ1n) is 6.41. The van der Waals surface area contributed by atoms with Crippen LogP contribution in [-0.4, -0.2) is 17.0 Å². The second-order valence-electron chi connectivity index (χ2n) is 4.71. The second-order valence-corrected chi connectivity index (χ2v) is 5.63. The van der Waals surface area contributed by atoms with Gasteiger partial charge in [0.05, 0.1) is 4.88 Å². The average molecular weight is 259 g/mol. The Bertz CT molecular complexity index is 557. The fourth-order valence-corrected chi connectivity index (χ4v) is 3.36. The highest BCUT2D eigenvalue weighted by Gasteiger charge is 2.18. The molecule has 0 spiro atoms. The van der Waals surface area contributed by atoms with E-state index >= 15 is 0 Å². The summed E-state index contributed by atoms with van der Waals surface area (Å²) in [5, 5.41) is 5.33. The molecule has 94 valence electrons. The Kier molecular flexibility index (Phi) is 3.04. The van der Waals surface area contributed by atoms with Crippen LogP contribution in [0.1, 0.15) is 29.7 Å². The van der Waals surface area contributed by atoms with Gasteiger partial charge in [-0.1, -0.05) is 0 Å². The van der Waals surface area contributed by atoms with Gasteiger partial charge in [-0.2, -0.15) is 0 Å². The number of thiophene rings is 1. The normalized spacial score (nSPS) is 14.3. The van der Waals surface area contributed by atoms with Gasteiger partial charge in [-0.05, 0) is 49.6 Å². The largest absolute Gasteiger partial charge is 0.373 e. The first-order chi connectivity index (χ1) is 8.79. The lowest BCUT2D eigenvalue weighted by Gasteiger charge is -2.18. The summed E-state index contributed by atoms with van der Waals surface area (Å²) in [5.41, 5.74) is 3.82. The highest BCUT2D eigenvalue weighted by Crippen LogP contribution is 2.31. The van der Waals surface area contributed by atoms with Crippen molar-refractivity contribution in [2.24, 2.45) is 0 Å². The molecule has 0 bridgehead atoms. The van der Waals surface area contributed by atoms with Gasteiger partial charge in [-0.15, -0.1) is 11.3 Å². The van der Waals surface area contributed by atoms with Crippen LogP contribution in [0.5, 0.6) is 0 Å². The summed E-state index contributed by atoms with van der Waals surface area (Å²) in [7, 11) is 1.95. The minimum atomic E-state index is 0.882.